The molecule has 0 radical (unpaired) electrons. The molecule has 0 bridgehead atoms. The van der Waals surface area contributed by atoms with Gasteiger partial charge in [-0.25, -0.2) is 0 Å². The van der Waals surface area contributed by atoms with Crippen LogP contribution in [0.3, 0.4) is 0 Å². The first-order valence-electron chi connectivity index (χ1n) is 7.22. The third kappa shape index (κ3) is 1.81. The highest BCUT2D eigenvalue weighted by Crippen LogP contribution is 2.38. The zero-order valence-corrected chi connectivity index (χ0v) is 14.0. The van der Waals surface area contributed by atoms with Gasteiger partial charge in [0.15, 0.2) is 0 Å². The molecule has 1 heterocycles. The molecule has 1 aromatic heterocycles. The molecule has 0 atom stereocenters. The molecule has 0 amide bonds. The molecule has 5 aromatic rings. The highest BCUT2D eigenvalue weighted by atomic mass is 79.9. The van der Waals surface area contributed by atoms with Gasteiger partial charge in [0.2, 0.25) is 0 Å². The molecule has 104 valence electrons. The molecule has 4 aromatic carbocycles. The first-order chi connectivity index (χ1) is 10.8. The summed E-state index contributed by atoms with van der Waals surface area (Å²) >= 11 is 5.46. The van der Waals surface area contributed by atoms with Gasteiger partial charge in [0.25, 0.3) is 0 Å². The largest absolute Gasteiger partial charge is 0.135 e. The summed E-state index contributed by atoms with van der Waals surface area (Å²) < 4.78 is 3.85. The van der Waals surface area contributed by atoms with Crippen LogP contribution in [0, 0.1) is 0 Å². The second-order valence-corrected chi connectivity index (χ2v) is 7.64. The Morgan fingerprint density at radius 3 is 1.91 bits per heavy atom. The second kappa shape index (κ2) is 4.55. The molecule has 0 saturated heterocycles. The van der Waals surface area contributed by atoms with E-state index in [2.05, 4.69) is 82.7 Å². The van der Waals surface area contributed by atoms with E-state index in [1.165, 1.54) is 41.7 Å². The minimum Gasteiger partial charge on any atom is -0.135 e. The van der Waals surface area contributed by atoms with Crippen LogP contribution in [-0.2, 0) is 0 Å². The Kier molecular flexibility index (Phi) is 2.61. The molecule has 0 aliphatic carbocycles. The van der Waals surface area contributed by atoms with E-state index in [4.69, 9.17) is 0 Å². The van der Waals surface area contributed by atoms with Crippen LogP contribution < -0.4 is 0 Å². The van der Waals surface area contributed by atoms with E-state index in [1.807, 2.05) is 11.3 Å². The Balaban J connectivity index is 1.98. The van der Waals surface area contributed by atoms with Crippen molar-refractivity contribution in [2.45, 2.75) is 0 Å². The molecule has 0 unspecified atom stereocenters. The Bertz CT molecular complexity index is 1180. The van der Waals surface area contributed by atoms with E-state index in [9.17, 15) is 0 Å². The monoisotopic (exact) mass is 362 g/mol. The van der Waals surface area contributed by atoms with Gasteiger partial charge in [0, 0.05) is 24.6 Å². The summed E-state index contributed by atoms with van der Waals surface area (Å²) in [6, 6.07) is 24.3. The molecule has 5 rings (SSSR count). The third-order valence-corrected chi connectivity index (χ3v) is 5.87. The average Bonchev–Trinajstić information content (AvgIpc) is 2.87. The standard InChI is InChI=1S/C20H11BrS/c21-16-6-5-14-11-20-18(9-15(14)7-16)17-8-12-3-1-2-4-13(12)10-19(17)22-20/h1-11H. The van der Waals surface area contributed by atoms with Gasteiger partial charge in [-0.15, -0.1) is 11.3 Å². The van der Waals surface area contributed by atoms with E-state index in [1.54, 1.807) is 0 Å². The van der Waals surface area contributed by atoms with Crippen LogP contribution in [0.15, 0.2) is 71.2 Å². The van der Waals surface area contributed by atoms with Crippen molar-refractivity contribution in [1.82, 2.24) is 0 Å². The lowest BCUT2D eigenvalue weighted by Crippen LogP contribution is -1.74. The number of fused-ring (bicyclic) bond motifs is 5. The fourth-order valence-electron chi connectivity index (χ4n) is 3.18. The van der Waals surface area contributed by atoms with Gasteiger partial charge >= 0.3 is 0 Å². The molecule has 0 saturated carbocycles. The summed E-state index contributed by atoms with van der Waals surface area (Å²) in [5, 5.41) is 7.93. The van der Waals surface area contributed by atoms with Crippen molar-refractivity contribution in [3.8, 4) is 0 Å². The SMILES string of the molecule is Brc1ccc2cc3sc4cc5ccccc5cc4c3cc2c1. The van der Waals surface area contributed by atoms with Crippen molar-refractivity contribution in [2.75, 3.05) is 0 Å². The zero-order chi connectivity index (χ0) is 14.7. The topological polar surface area (TPSA) is 0 Å². The van der Waals surface area contributed by atoms with Crippen LogP contribution in [-0.4, -0.2) is 0 Å². The lowest BCUT2D eigenvalue weighted by molar-refractivity contribution is 1.74. The van der Waals surface area contributed by atoms with Gasteiger partial charge in [0.1, 0.15) is 0 Å². The van der Waals surface area contributed by atoms with Crippen LogP contribution in [0.25, 0.3) is 41.7 Å². The molecule has 0 N–H and O–H groups in total. The molecular formula is C20H11BrS. The minimum absolute atomic E-state index is 1.13. The van der Waals surface area contributed by atoms with Crippen LogP contribution in [0.5, 0.6) is 0 Å². The van der Waals surface area contributed by atoms with Crippen molar-refractivity contribution in [3.63, 3.8) is 0 Å². The number of hydrogen-bond donors (Lipinski definition) is 0. The van der Waals surface area contributed by atoms with Crippen molar-refractivity contribution >= 4 is 69.0 Å². The molecule has 22 heavy (non-hydrogen) atoms. The first-order valence-corrected chi connectivity index (χ1v) is 8.83. The zero-order valence-electron chi connectivity index (χ0n) is 11.6. The van der Waals surface area contributed by atoms with Gasteiger partial charge in [-0.3, -0.25) is 0 Å². The quantitative estimate of drug-likeness (QED) is 0.275. The number of rotatable bonds is 0. The number of thiophene rings is 1. The van der Waals surface area contributed by atoms with Crippen LogP contribution in [0.1, 0.15) is 0 Å². The maximum absolute atomic E-state index is 3.57. The first kappa shape index (κ1) is 12.6. The molecule has 0 fully saturated rings. The van der Waals surface area contributed by atoms with Crippen molar-refractivity contribution in [2.24, 2.45) is 0 Å². The Labute approximate surface area is 140 Å². The molecule has 0 aliphatic heterocycles. The Morgan fingerprint density at radius 2 is 1.18 bits per heavy atom. The van der Waals surface area contributed by atoms with E-state index in [0.717, 1.165) is 4.47 Å². The lowest BCUT2D eigenvalue weighted by Gasteiger charge is -2.01. The van der Waals surface area contributed by atoms with Crippen molar-refractivity contribution < 1.29 is 0 Å². The van der Waals surface area contributed by atoms with Gasteiger partial charge in [-0.1, -0.05) is 46.3 Å². The third-order valence-electron chi connectivity index (χ3n) is 4.26. The van der Waals surface area contributed by atoms with Crippen LogP contribution in [0.2, 0.25) is 0 Å². The summed E-state index contributed by atoms with van der Waals surface area (Å²) in [7, 11) is 0. The highest BCUT2D eigenvalue weighted by Gasteiger charge is 2.08. The minimum atomic E-state index is 1.13. The number of halogens is 1. The summed E-state index contributed by atoms with van der Waals surface area (Å²) in [4.78, 5) is 0. The summed E-state index contributed by atoms with van der Waals surface area (Å²) in [5.41, 5.74) is 0. The van der Waals surface area contributed by atoms with Crippen LogP contribution >= 0.6 is 27.3 Å². The van der Waals surface area contributed by atoms with Gasteiger partial charge in [-0.05, 0) is 57.9 Å². The average molecular weight is 363 g/mol. The molecule has 2 heteroatoms. The molecule has 0 aliphatic rings. The fourth-order valence-corrected chi connectivity index (χ4v) is 4.72. The lowest BCUT2D eigenvalue weighted by atomic mass is 10.0. The Morgan fingerprint density at radius 1 is 0.591 bits per heavy atom. The molecule has 0 spiro atoms. The Hall–Kier alpha value is -1.90. The highest BCUT2D eigenvalue weighted by molar-refractivity contribution is 9.10. The van der Waals surface area contributed by atoms with Gasteiger partial charge in [-0.2, -0.15) is 0 Å². The molecular weight excluding hydrogens is 352 g/mol. The summed E-state index contributed by atoms with van der Waals surface area (Å²) in [6.07, 6.45) is 0. The predicted octanol–water partition coefficient (Wildman–Crippen LogP) is 7.12. The summed E-state index contributed by atoms with van der Waals surface area (Å²) in [6.45, 7) is 0. The van der Waals surface area contributed by atoms with E-state index in [0.29, 0.717) is 0 Å². The number of hydrogen-bond acceptors (Lipinski definition) is 1. The number of benzene rings is 4. The fraction of sp³-hybridized carbons (Fsp3) is 0. The maximum atomic E-state index is 3.57. The predicted molar refractivity (Wildman–Crippen MR) is 102 cm³/mol. The van der Waals surface area contributed by atoms with Gasteiger partial charge < -0.3 is 0 Å². The molecule has 0 nitrogen and oxygen atoms in total. The van der Waals surface area contributed by atoms with Gasteiger partial charge in [0.05, 0.1) is 0 Å². The second-order valence-electron chi connectivity index (χ2n) is 5.64. The maximum Gasteiger partial charge on any atom is 0.0361 e. The van der Waals surface area contributed by atoms with Crippen molar-refractivity contribution in [1.29, 1.82) is 0 Å². The van der Waals surface area contributed by atoms with E-state index >= 15 is 0 Å². The smallest absolute Gasteiger partial charge is 0.0361 e. The van der Waals surface area contributed by atoms with Crippen molar-refractivity contribution in [3.05, 3.63) is 71.2 Å². The normalized spacial score (nSPS) is 11.9. The van der Waals surface area contributed by atoms with E-state index < -0.39 is 0 Å². The van der Waals surface area contributed by atoms with E-state index in [-0.39, 0.29) is 0 Å². The summed E-state index contributed by atoms with van der Waals surface area (Å²) in [5.74, 6) is 0. The van der Waals surface area contributed by atoms with Crippen LogP contribution in [0.4, 0.5) is 0 Å².